The maximum Gasteiger partial charge on any atom is 0.489 e. The van der Waals surface area contributed by atoms with Crippen LogP contribution in [0, 0.1) is 0 Å². The Bertz CT molecular complexity index is 618. The van der Waals surface area contributed by atoms with E-state index in [1.165, 1.54) is 5.56 Å². The molecule has 18 heavy (non-hydrogen) atoms. The Hall–Kier alpha value is -1.58. The molecule has 0 bridgehead atoms. The van der Waals surface area contributed by atoms with Gasteiger partial charge < -0.3 is 10.0 Å². The topological polar surface area (TPSA) is 40.5 Å². The van der Waals surface area contributed by atoms with Gasteiger partial charge in [-0.05, 0) is 27.7 Å². The van der Waals surface area contributed by atoms with Crippen LogP contribution < -0.4 is 5.46 Å². The summed E-state index contributed by atoms with van der Waals surface area (Å²) in [5.74, 6) is 0. The van der Waals surface area contributed by atoms with Crippen LogP contribution in [0.4, 0.5) is 0 Å². The van der Waals surface area contributed by atoms with Crippen molar-refractivity contribution in [2.24, 2.45) is 0 Å². The van der Waals surface area contributed by atoms with Crippen molar-refractivity contribution < 1.29 is 10.0 Å². The van der Waals surface area contributed by atoms with E-state index >= 15 is 0 Å². The predicted octanol–water partition coefficient (Wildman–Crippen LogP) is 1.67. The summed E-state index contributed by atoms with van der Waals surface area (Å²) in [4.78, 5) is 0. The van der Waals surface area contributed by atoms with E-state index in [1.54, 1.807) is 6.07 Å². The zero-order valence-corrected chi connectivity index (χ0v) is 10.5. The van der Waals surface area contributed by atoms with Gasteiger partial charge in [-0.3, -0.25) is 0 Å². The highest BCUT2D eigenvalue weighted by molar-refractivity contribution is 6.60. The Balaban J connectivity index is 2.40. The van der Waals surface area contributed by atoms with Crippen LogP contribution in [0.2, 0.25) is 0 Å². The van der Waals surface area contributed by atoms with Crippen molar-refractivity contribution >= 4 is 12.6 Å². The Morgan fingerprint density at radius 2 is 1.56 bits per heavy atom. The van der Waals surface area contributed by atoms with Gasteiger partial charge in [-0.15, -0.1) is 0 Å². The second-order valence-electron chi connectivity index (χ2n) is 5.31. The molecule has 0 aromatic heterocycles. The van der Waals surface area contributed by atoms with E-state index in [4.69, 9.17) is 0 Å². The van der Waals surface area contributed by atoms with Crippen LogP contribution in [0.25, 0.3) is 11.1 Å². The van der Waals surface area contributed by atoms with Crippen molar-refractivity contribution in [3.8, 4) is 11.1 Å². The summed E-state index contributed by atoms with van der Waals surface area (Å²) in [6.07, 6.45) is 0. The van der Waals surface area contributed by atoms with Gasteiger partial charge in [0.2, 0.25) is 0 Å². The number of fused-ring (bicyclic) bond motifs is 3. The molecule has 1 aliphatic rings. The lowest BCUT2D eigenvalue weighted by Gasteiger charge is -2.21. The first-order valence-corrected chi connectivity index (χ1v) is 6.13. The molecule has 0 heterocycles. The Labute approximate surface area is 107 Å². The van der Waals surface area contributed by atoms with Gasteiger partial charge in [0, 0.05) is 5.41 Å². The van der Waals surface area contributed by atoms with Crippen molar-refractivity contribution in [1.29, 1.82) is 0 Å². The summed E-state index contributed by atoms with van der Waals surface area (Å²) < 4.78 is 0. The summed E-state index contributed by atoms with van der Waals surface area (Å²) in [6, 6.07) is 13.9. The Kier molecular flexibility index (Phi) is 2.37. The van der Waals surface area contributed by atoms with E-state index in [0.29, 0.717) is 5.46 Å². The van der Waals surface area contributed by atoms with Gasteiger partial charge in [-0.1, -0.05) is 56.3 Å². The molecule has 0 spiro atoms. The summed E-state index contributed by atoms with van der Waals surface area (Å²) >= 11 is 0. The summed E-state index contributed by atoms with van der Waals surface area (Å²) in [5, 5.41) is 19.1. The van der Waals surface area contributed by atoms with Crippen molar-refractivity contribution in [2.75, 3.05) is 0 Å². The fraction of sp³-hybridized carbons (Fsp3) is 0.200. The lowest BCUT2D eigenvalue weighted by atomic mass is 9.74. The summed E-state index contributed by atoms with van der Waals surface area (Å²) in [7, 11) is -1.43. The molecule has 90 valence electrons. The van der Waals surface area contributed by atoms with Gasteiger partial charge in [0.25, 0.3) is 0 Å². The lowest BCUT2D eigenvalue weighted by molar-refractivity contribution is 0.426. The smallest absolute Gasteiger partial charge is 0.423 e. The van der Waals surface area contributed by atoms with Crippen LogP contribution in [0.5, 0.6) is 0 Å². The predicted molar refractivity (Wildman–Crippen MR) is 73.8 cm³/mol. The van der Waals surface area contributed by atoms with Gasteiger partial charge in [0.1, 0.15) is 0 Å². The largest absolute Gasteiger partial charge is 0.489 e. The van der Waals surface area contributed by atoms with E-state index in [2.05, 4.69) is 32.0 Å². The highest BCUT2D eigenvalue weighted by Crippen LogP contribution is 2.47. The molecule has 0 saturated carbocycles. The molecule has 2 aromatic carbocycles. The Morgan fingerprint density at radius 3 is 2.28 bits per heavy atom. The van der Waals surface area contributed by atoms with Crippen LogP contribution in [0.15, 0.2) is 42.5 Å². The second kappa shape index (κ2) is 3.71. The quantitative estimate of drug-likeness (QED) is 0.742. The first-order chi connectivity index (χ1) is 8.53. The zero-order chi connectivity index (χ0) is 12.9. The van der Waals surface area contributed by atoms with Crippen LogP contribution in [0.1, 0.15) is 25.0 Å². The highest BCUT2D eigenvalue weighted by atomic mass is 16.4. The molecule has 1 aliphatic carbocycles. The third kappa shape index (κ3) is 1.38. The van der Waals surface area contributed by atoms with Gasteiger partial charge in [-0.2, -0.15) is 0 Å². The summed E-state index contributed by atoms with van der Waals surface area (Å²) in [6.45, 7) is 4.34. The van der Waals surface area contributed by atoms with Gasteiger partial charge in [-0.25, -0.2) is 0 Å². The van der Waals surface area contributed by atoms with E-state index < -0.39 is 7.12 Å². The van der Waals surface area contributed by atoms with Crippen LogP contribution in [-0.4, -0.2) is 17.2 Å². The van der Waals surface area contributed by atoms with Crippen LogP contribution in [0.3, 0.4) is 0 Å². The van der Waals surface area contributed by atoms with Crippen LogP contribution >= 0.6 is 0 Å². The van der Waals surface area contributed by atoms with Crippen molar-refractivity contribution in [1.82, 2.24) is 0 Å². The monoisotopic (exact) mass is 238 g/mol. The van der Waals surface area contributed by atoms with Gasteiger partial charge >= 0.3 is 7.12 Å². The van der Waals surface area contributed by atoms with E-state index in [0.717, 1.165) is 16.7 Å². The third-order valence-corrected chi connectivity index (χ3v) is 3.92. The molecule has 2 N–H and O–H groups in total. The highest BCUT2D eigenvalue weighted by Gasteiger charge is 2.37. The molecular formula is C15H15BO2. The first-order valence-electron chi connectivity index (χ1n) is 6.13. The number of rotatable bonds is 1. The standard InChI is InChI=1S/C15H15BO2/c1-15(2)11-7-4-3-6-10(11)14-12(15)8-5-9-13(14)16(17)18/h3-9,17-18H,1-2H3. The zero-order valence-electron chi connectivity index (χ0n) is 10.5. The lowest BCUT2D eigenvalue weighted by Crippen LogP contribution is -2.32. The molecule has 0 fully saturated rings. The minimum Gasteiger partial charge on any atom is -0.423 e. The minimum atomic E-state index is -1.43. The second-order valence-corrected chi connectivity index (χ2v) is 5.31. The molecule has 0 amide bonds. The average molecular weight is 238 g/mol. The summed E-state index contributed by atoms with van der Waals surface area (Å²) in [5.41, 5.74) is 5.00. The fourth-order valence-electron chi connectivity index (χ4n) is 3.00. The molecule has 0 unspecified atom stereocenters. The Morgan fingerprint density at radius 1 is 0.889 bits per heavy atom. The average Bonchev–Trinajstić information content (AvgIpc) is 2.59. The molecule has 0 aliphatic heterocycles. The molecular weight excluding hydrogens is 223 g/mol. The maximum absolute atomic E-state index is 9.54. The molecule has 0 saturated heterocycles. The molecule has 0 radical (unpaired) electrons. The van der Waals surface area contributed by atoms with E-state index in [1.807, 2.05) is 18.2 Å². The van der Waals surface area contributed by atoms with Gasteiger partial charge in [0.15, 0.2) is 0 Å². The normalized spacial score (nSPS) is 15.1. The van der Waals surface area contributed by atoms with Crippen molar-refractivity contribution in [2.45, 2.75) is 19.3 Å². The molecule has 0 atom stereocenters. The molecule has 2 aromatic rings. The SMILES string of the molecule is CC1(C)c2ccccc2-c2c(B(O)O)cccc21. The van der Waals surface area contributed by atoms with E-state index in [9.17, 15) is 10.0 Å². The first kappa shape index (κ1) is 11.5. The molecule has 3 heteroatoms. The number of hydrogen-bond donors (Lipinski definition) is 2. The number of benzene rings is 2. The maximum atomic E-state index is 9.54. The van der Waals surface area contributed by atoms with Crippen LogP contribution in [-0.2, 0) is 5.41 Å². The third-order valence-electron chi connectivity index (χ3n) is 3.92. The molecule has 2 nitrogen and oxygen atoms in total. The minimum absolute atomic E-state index is 0.0865. The molecule has 3 rings (SSSR count). The van der Waals surface area contributed by atoms with Crippen molar-refractivity contribution in [3.63, 3.8) is 0 Å². The van der Waals surface area contributed by atoms with E-state index in [-0.39, 0.29) is 5.41 Å². The fourth-order valence-corrected chi connectivity index (χ4v) is 3.00. The van der Waals surface area contributed by atoms with Crippen molar-refractivity contribution in [3.05, 3.63) is 53.6 Å². The number of hydrogen-bond acceptors (Lipinski definition) is 2. The van der Waals surface area contributed by atoms with Gasteiger partial charge in [0.05, 0.1) is 0 Å².